The molecule has 2 aliphatic rings. The average molecular weight is 449 g/mol. The van der Waals surface area contributed by atoms with Crippen LogP contribution in [0.5, 0.6) is 5.88 Å². The van der Waals surface area contributed by atoms with Crippen molar-refractivity contribution in [2.24, 2.45) is 10.1 Å². The molecule has 3 aromatic rings. The zero-order valence-corrected chi connectivity index (χ0v) is 18.1. The smallest absolute Gasteiger partial charge is 0.260 e. The molecule has 0 radical (unpaired) electrons. The fourth-order valence-corrected chi connectivity index (χ4v) is 4.31. The minimum atomic E-state index is -0.431. The van der Waals surface area contributed by atoms with E-state index in [1.54, 1.807) is 6.07 Å². The van der Waals surface area contributed by atoms with Crippen molar-refractivity contribution < 1.29 is 19.1 Å². The molecule has 0 bridgehead atoms. The summed E-state index contributed by atoms with van der Waals surface area (Å²) in [7, 11) is 2.07. The minimum absolute atomic E-state index is 0.132. The van der Waals surface area contributed by atoms with E-state index in [4.69, 9.17) is 4.84 Å². The summed E-state index contributed by atoms with van der Waals surface area (Å²) in [6.07, 6.45) is 1.80. The van der Waals surface area contributed by atoms with Crippen molar-refractivity contribution in [3.05, 3.63) is 59.4 Å². The standard InChI is InChI=1S/C24H24FN5O3/c1-30-10-8-15(9-11-30)26-20(31)13-33-29-22-16-4-2-3-5-18(16)27-23(22)21-17-12-14(25)6-7-19(17)28-24(21)32/h2-7,12,15,28,32H,8-11,13H2,1H3,(H,26,31)/b29-22+. The van der Waals surface area contributed by atoms with Gasteiger partial charge in [-0.15, -0.1) is 0 Å². The number of hydrogen-bond acceptors (Lipinski definition) is 6. The number of likely N-dealkylation sites (tertiary alicyclic amines) is 1. The molecule has 2 aliphatic heterocycles. The second kappa shape index (κ2) is 8.67. The molecule has 0 aliphatic carbocycles. The highest BCUT2D eigenvalue weighted by molar-refractivity contribution is 6.58. The number of fused-ring (bicyclic) bond motifs is 2. The molecule has 1 saturated heterocycles. The van der Waals surface area contributed by atoms with Crippen molar-refractivity contribution in [1.82, 2.24) is 15.2 Å². The van der Waals surface area contributed by atoms with E-state index < -0.39 is 5.82 Å². The SMILES string of the molecule is CN1CCC(NC(=O)CO/N=C2/C(c3c(O)[nH]c4ccc(F)cc34)=Nc3ccccc32)CC1. The lowest BCUT2D eigenvalue weighted by Crippen LogP contribution is -2.44. The maximum absolute atomic E-state index is 13.9. The Balaban J connectivity index is 1.39. The van der Waals surface area contributed by atoms with Crippen molar-refractivity contribution in [3.8, 4) is 5.88 Å². The van der Waals surface area contributed by atoms with Crippen LogP contribution in [0.1, 0.15) is 24.0 Å². The molecule has 3 N–H and O–H groups in total. The monoisotopic (exact) mass is 449 g/mol. The zero-order valence-electron chi connectivity index (χ0n) is 18.1. The summed E-state index contributed by atoms with van der Waals surface area (Å²) < 4.78 is 13.9. The predicted molar refractivity (Wildman–Crippen MR) is 124 cm³/mol. The molecule has 1 aromatic heterocycles. The van der Waals surface area contributed by atoms with E-state index in [1.165, 1.54) is 12.1 Å². The fraction of sp³-hybridized carbons (Fsp3) is 0.292. The Bertz CT molecular complexity index is 1270. The summed E-state index contributed by atoms with van der Waals surface area (Å²) in [5.41, 5.74) is 2.97. The van der Waals surface area contributed by atoms with E-state index in [2.05, 4.69) is 32.4 Å². The highest BCUT2D eigenvalue weighted by atomic mass is 19.1. The summed E-state index contributed by atoms with van der Waals surface area (Å²) in [6.45, 7) is 1.65. The second-order valence-electron chi connectivity index (χ2n) is 8.37. The van der Waals surface area contributed by atoms with E-state index in [-0.39, 0.29) is 24.4 Å². The van der Waals surface area contributed by atoms with Crippen molar-refractivity contribution in [1.29, 1.82) is 0 Å². The lowest BCUT2D eigenvalue weighted by atomic mass is 10.0. The quantitative estimate of drug-likeness (QED) is 0.521. The van der Waals surface area contributed by atoms with Crippen LogP contribution in [0.4, 0.5) is 10.1 Å². The molecule has 170 valence electrons. The lowest BCUT2D eigenvalue weighted by molar-refractivity contribution is -0.126. The predicted octanol–water partition coefficient (Wildman–Crippen LogP) is 3.08. The first-order chi connectivity index (χ1) is 16.0. The van der Waals surface area contributed by atoms with Gasteiger partial charge in [0.25, 0.3) is 5.91 Å². The topological polar surface area (TPSA) is 102 Å². The first kappa shape index (κ1) is 21.1. The number of aromatic hydroxyl groups is 1. The highest BCUT2D eigenvalue weighted by Crippen LogP contribution is 2.35. The number of carbonyl (C=O) groups is 1. The number of oxime groups is 1. The lowest BCUT2D eigenvalue weighted by Gasteiger charge is -2.29. The normalized spacial score (nSPS) is 17.9. The van der Waals surface area contributed by atoms with Crippen LogP contribution in [0.15, 0.2) is 52.6 Å². The summed E-state index contributed by atoms with van der Waals surface area (Å²) in [5.74, 6) is -0.815. The van der Waals surface area contributed by atoms with Crippen LogP contribution < -0.4 is 5.32 Å². The van der Waals surface area contributed by atoms with Crippen LogP contribution in [0.25, 0.3) is 10.9 Å². The number of H-pyrrole nitrogens is 1. The molecule has 1 fully saturated rings. The Hall–Kier alpha value is -3.72. The van der Waals surface area contributed by atoms with E-state index in [9.17, 15) is 14.3 Å². The summed E-state index contributed by atoms with van der Waals surface area (Å²) >= 11 is 0. The van der Waals surface area contributed by atoms with Gasteiger partial charge in [0, 0.05) is 22.5 Å². The molecular weight excluding hydrogens is 425 g/mol. The van der Waals surface area contributed by atoms with Gasteiger partial charge in [0.05, 0.1) is 11.3 Å². The molecule has 3 heterocycles. The summed E-state index contributed by atoms with van der Waals surface area (Å²) in [6, 6.07) is 11.7. The van der Waals surface area contributed by atoms with Gasteiger partial charge in [-0.25, -0.2) is 9.38 Å². The van der Waals surface area contributed by atoms with E-state index >= 15 is 0 Å². The summed E-state index contributed by atoms with van der Waals surface area (Å²) in [4.78, 5) is 27.5. The van der Waals surface area contributed by atoms with Gasteiger partial charge in [-0.1, -0.05) is 23.4 Å². The maximum atomic E-state index is 13.9. The van der Waals surface area contributed by atoms with Crippen LogP contribution >= 0.6 is 0 Å². The minimum Gasteiger partial charge on any atom is -0.494 e. The Morgan fingerprint density at radius 3 is 2.91 bits per heavy atom. The molecule has 9 heteroatoms. The van der Waals surface area contributed by atoms with Crippen molar-refractivity contribution in [2.75, 3.05) is 26.7 Å². The van der Waals surface area contributed by atoms with E-state index in [0.717, 1.165) is 25.9 Å². The zero-order chi connectivity index (χ0) is 22.9. The first-order valence-electron chi connectivity index (χ1n) is 10.9. The number of nitrogens with one attached hydrogen (secondary N) is 2. The van der Waals surface area contributed by atoms with Gasteiger partial charge >= 0.3 is 0 Å². The number of amides is 1. The van der Waals surface area contributed by atoms with Crippen molar-refractivity contribution >= 4 is 33.9 Å². The van der Waals surface area contributed by atoms with Gasteiger partial charge in [-0.2, -0.15) is 0 Å². The van der Waals surface area contributed by atoms with Gasteiger partial charge in [0.2, 0.25) is 0 Å². The van der Waals surface area contributed by atoms with Crippen molar-refractivity contribution in [3.63, 3.8) is 0 Å². The summed E-state index contributed by atoms with van der Waals surface area (Å²) in [5, 5.41) is 18.3. The number of halogens is 1. The molecule has 2 aromatic carbocycles. The number of aromatic nitrogens is 1. The van der Waals surface area contributed by atoms with Gasteiger partial charge in [-0.3, -0.25) is 4.79 Å². The number of aromatic amines is 1. The number of hydrogen-bond donors (Lipinski definition) is 3. The third kappa shape index (κ3) is 4.19. The van der Waals surface area contributed by atoms with Crippen LogP contribution in [0.3, 0.4) is 0 Å². The number of rotatable bonds is 5. The molecular formula is C24H24FN5O3. The number of aliphatic imine (C=N–C) groups is 1. The van der Waals surface area contributed by atoms with E-state index in [0.29, 0.717) is 39.1 Å². The Kier molecular flexibility index (Phi) is 5.55. The Morgan fingerprint density at radius 2 is 2.09 bits per heavy atom. The third-order valence-corrected chi connectivity index (χ3v) is 6.03. The molecule has 8 nitrogen and oxygen atoms in total. The van der Waals surface area contributed by atoms with Crippen LogP contribution in [-0.2, 0) is 9.63 Å². The molecule has 0 atom stereocenters. The largest absolute Gasteiger partial charge is 0.494 e. The second-order valence-corrected chi connectivity index (χ2v) is 8.37. The van der Waals surface area contributed by atoms with Gasteiger partial charge in [0.15, 0.2) is 12.5 Å². The van der Waals surface area contributed by atoms with Gasteiger partial charge in [0.1, 0.15) is 17.2 Å². The van der Waals surface area contributed by atoms with Crippen LogP contribution in [0, 0.1) is 5.82 Å². The fourth-order valence-electron chi connectivity index (χ4n) is 4.31. The molecule has 0 spiro atoms. The van der Waals surface area contributed by atoms with Gasteiger partial charge in [-0.05, 0) is 57.2 Å². The third-order valence-electron chi connectivity index (χ3n) is 6.03. The maximum Gasteiger partial charge on any atom is 0.260 e. The number of carbonyl (C=O) groups excluding carboxylic acids is 1. The van der Waals surface area contributed by atoms with Crippen molar-refractivity contribution in [2.45, 2.75) is 18.9 Å². The molecule has 0 saturated carbocycles. The van der Waals surface area contributed by atoms with Crippen LogP contribution in [0.2, 0.25) is 0 Å². The molecule has 1 amide bonds. The van der Waals surface area contributed by atoms with Gasteiger partial charge < -0.3 is 25.1 Å². The Morgan fingerprint density at radius 1 is 1.30 bits per heavy atom. The average Bonchev–Trinajstić information content (AvgIpc) is 3.31. The van der Waals surface area contributed by atoms with Crippen LogP contribution in [-0.4, -0.2) is 65.1 Å². The highest BCUT2D eigenvalue weighted by Gasteiger charge is 2.29. The van der Waals surface area contributed by atoms with E-state index in [1.807, 2.05) is 24.3 Å². The number of nitrogens with zero attached hydrogens (tertiary/aromatic N) is 3. The Labute approximate surface area is 189 Å². The molecule has 0 unspecified atom stereocenters. The molecule has 33 heavy (non-hydrogen) atoms. The number of para-hydroxylation sites is 1. The number of benzene rings is 2. The first-order valence-corrected chi connectivity index (χ1v) is 10.9. The molecule has 5 rings (SSSR count). The number of piperidine rings is 1.